The molecule has 2 aromatic heterocycles. The van der Waals surface area contributed by atoms with Crippen molar-refractivity contribution in [3.05, 3.63) is 42.5 Å². The van der Waals surface area contributed by atoms with Gasteiger partial charge in [-0.2, -0.15) is 0 Å². The van der Waals surface area contributed by atoms with E-state index in [0.29, 0.717) is 25.6 Å². The monoisotopic (exact) mass is 379 g/mol. The van der Waals surface area contributed by atoms with E-state index in [1.165, 1.54) is 0 Å². The number of ether oxygens (including phenoxy) is 1. The van der Waals surface area contributed by atoms with Crippen LogP contribution < -0.4 is 5.32 Å². The van der Waals surface area contributed by atoms with E-state index in [9.17, 15) is 4.79 Å². The molecule has 1 aromatic carbocycles. The minimum atomic E-state index is -0.0565. The number of carbonyl (C=O) groups excluding carboxylic acids is 1. The second-order valence-electron chi connectivity index (χ2n) is 7.32. The van der Waals surface area contributed by atoms with Crippen LogP contribution in [0.5, 0.6) is 0 Å². The van der Waals surface area contributed by atoms with Crippen molar-refractivity contribution in [2.24, 2.45) is 7.05 Å². The van der Waals surface area contributed by atoms with Gasteiger partial charge in [-0.05, 0) is 31.4 Å². The normalized spacial score (nSPS) is 17.8. The van der Waals surface area contributed by atoms with Crippen molar-refractivity contribution in [1.82, 2.24) is 19.4 Å². The second kappa shape index (κ2) is 7.69. The van der Waals surface area contributed by atoms with E-state index < -0.39 is 0 Å². The molecule has 1 saturated heterocycles. The fourth-order valence-electron chi connectivity index (χ4n) is 3.50. The number of imidazole rings is 1. The van der Waals surface area contributed by atoms with Crippen LogP contribution in [0, 0.1) is 6.92 Å². The van der Waals surface area contributed by atoms with E-state index in [0.717, 1.165) is 34.4 Å². The summed E-state index contributed by atoms with van der Waals surface area (Å²) >= 11 is 0. The summed E-state index contributed by atoms with van der Waals surface area (Å²) in [7, 11) is 2.01. The molecule has 0 spiro atoms. The largest absolute Gasteiger partial charge is 0.379 e. The van der Waals surface area contributed by atoms with E-state index >= 15 is 0 Å². The minimum Gasteiger partial charge on any atom is -0.379 e. The third-order valence-corrected chi connectivity index (χ3v) is 5.36. The van der Waals surface area contributed by atoms with Crippen LogP contribution >= 0.6 is 0 Å². The van der Waals surface area contributed by atoms with Crippen molar-refractivity contribution in [2.75, 3.05) is 31.6 Å². The van der Waals surface area contributed by atoms with Gasteiger partial charge in [-0.1, -0.05) is 12.1 Å². The minimum absolute atomic E-state index is 0.0565. The molecule has 7 heteroatoms. The van der Waals surface area contributed by atoms with Gasteiger partial charge in [0.15, 0.2) is 0 Å². The Labute approximate surface area is 164 Å². The van der Waals surface area contributed by atoms with Gasteiger partial charge in [-0.3, -0.25) is 9.69 Å². The smallest absolute Gasteiger partial charge is 0.239 e. The van der Waals surface area contributed by atoms with Gasteiger partial charge in [0.05, 0.1) is 31.6 Å². The standard InChI is InChI=1S/C21H25N5O2/c1-14-13-28-7-6-26(14)12-21(27)24-20-9-18-8-16(4-5-17(18)10-23-20)19-11-22-15(2)25(19)3/h4-5,8-11,14H,6-7,12-13H2,1-3H3,(H,23,24,27)/t14-/m1/s1. The van der Waals surface area contributed by atoms with Gasteiger partial charge >= 0.3 is 0 Å². The summed E-state index contributed by atoms with van der Waals surface area (Å²) in [4.78, 5) is 23.3. The predicted octanol–water partition coefficient (Wildman–Crippen LogP) is 2.60. The second-order valence-corrected chi connectivity index (χ2v) is 7.32. The van der Waals surface area contributed by atoms with Gasteiger partial charge in [0.1, 0.15) is 11.6 Å². The maximum Gasteiger partial charge on any atom is 0.239 e. The summed E-state index contributed by atoms with van der Waals surface area (Å²) in [6.45, 7) is 6.51. The number of rotatable bonds is 4. The summed E-state index contributed by atoms with van der Waals surface area (Å²) in [6.07, 6.45) is 3.67. The molecule has 1 amide bonds. The van der Waals surface area contributed by atoms with Crippen molar-refractivity contribution < 1.29 is 9.53 Å². The number of hydrogen-bond acceptors (Lipinski definition) is 5. The molecule has 1 aliphatic rings. The number of anilines is 1. The number of nitrogens with zero attached hydrogens (tertiary/aromatic N) is 4. The Morgan fingerprint density at radius 2 is 2.11 bits per heavy atom. The van der Waals surface area contributed by atoms with E-state index in [4.69, 9.17) is 4.74 Å². The SMILES string of the molecule is Cc1ncc(-c2ccc3cnc(NC(=O)CN4CCOC[C@H]4C)cc3c2)n1C. The molecule has 4 rings (SSSR count). The van der Waals surface area contributed by atoms with Crippen molar-refractivity contribution in [3.8, 4) is 11.3 Å². The van der Waals surface area contributed by atoms with Gasteiger partial charge in [-0.25, -0.2) is 9.97 Å². The van der Waals surface area contributed by atoms with E-state index in [-0.39, 0.29) is 11.9 Å². The van der Waals surface area contributed by atoms with Gasteiger partial charge < -0.3 is 14.6 Å². The van der Waals surface area contributed by atoms with E-state index in [2.05, 4.69) is 43.8 Å². The maximum absolute atomic E-state index is 12.5. The first kappa shape index (κ1) is 18.6. The average Bonchev–Trinajstić information content (AvgIpc) is 3.02. The number of pyridine rings is 1. The summed E-state index contributed by atoms with van der Waals surface area (Å²) in [5, 5.41) is 4.99. The highest BCUT2D eigenvalue weighted by Crippen LogP contribution is 2.25. The third-order valence-electron chi connectivity index (χ3n) is 5.36. The number of nitrogens with one attached hydrogen (secondary N) is 1. The van der Waals surface area contributed by atoms with Crippen LogP contribution in [0.1, 0.15) is 12.7 Å². The van der Waals surface area contributed by atoms with Crippen LogP contribution in [0.15, 0.2) is 36.7 Å². The first-order chi connectivity index (χ1) is 13.5. The first-order valence-corrected chi connectivity index (χ1v) is 9.51. The zero-order chi connectivity index (χ0) is 19.7. The van der Waals surface area contributed by atoms with Gasteiger partial charge in [-0.15, -0.1) is 0 Å². The molecule has 0 radical (unpaired) electrons. The number of carbonyl (C=O) groups is 1. The zero-order valence-corrected chi connectivity index (χ0v) is 16.5. The van der Waals surface area contributed by atoms with Crippen molar-refractivity contribution >= 4 is 22.5 Å². The van der Waals surface area contributed by atoms with Crippen LogP contribution in [0.3, 0.4) is 0 Å². The Hall–Kier alpha value is -2.77. The third kappa shape index (κ3) is 3.76. The van der Waals surface area contributed by atoms with Crippen molar-refractivity contribution in [3.63, 3.8) is 0 Å². The highest BCUT2D eigenvalue weighted by molar-refractivity contribution is 5.94. The molecule has 0 aliphatic carbocycles. The molecule has 1 fully saturated rings. The maximum atomic E-state index is 12.5. The molecule has 28 heavy (non-hydrogen) atoms. The van der Waals surface area contributed by atoms with Gasteiger partial charge in [0, 0.05) is 36.8 Å². The lowest BCUT2D eigenvalue weighted by molar-refractivity contribution is -0.119. The van der Waals surface area contributed by atoms with E-state index in [1.807, 2.05) is 32.3 Å². The van der Waals surface area contributed by atoms with Crippen LogP contribution in [0.25, 0.3) is 22.0 Å². The quantitative estimate of drug-likeness (QED) is 0.754. The highest BCUT2D eigenvalue weighted by atomic mass is 16.5. The Kier molecular flexibility index (Phi) is 5.11. The number of amides is 1. The van der Waals surface area contributed by atoms with Gasteiger partial charge in [0.2, 0.25) is 5.91 Å². The Morgan fingerprint density at radius 3 is 2.86 bits per heavy atom. The molecule has 7 nitrogen and oxygen atoms in total. The molecule has 0 unspecified atom stereocenters. The molecule has 1 aliphatic heterocycles. The lowest BCUT2D eigenvalue weighted by atomic mass is 10.1. The van der Waals surface area contributed by atoms with Crippen LogP contribution in [0.2, 0.25) is 0 Å². The Bertz CT molecular complexity index is 1010. The highest BCUT2D eigenvalue weighted by Gasteiger charge is 2.21. The molecule has 146 valence electrons. The number of morpholine rings is 1. The average molecular weight is 379 g/mol. The number of benzene rings is 1. The number of hydrogen-bond donors (Lipinski definition) is 1. The van der Waals surface area contributed by atoms with Crippen LogP contribution in [0.4, 0.5) is 5.82 Å². The number of aromatic nitrogens is 3. The van der Waals surface area contributed by atoms with Crippen molar-refractivity contribution in [2.45, 2.75) is 19.9 Å². The first-order valence-electron chi connectivity index (χ1n) is 9.51. The van der Waals surface area contributed by atoms with Crippen LogP contribution in [-0.2, 0) is 16.6 Å². The summed E-state index contributed by atoms with van der Waals surface area (Å²) in [5.74, 6) is 1.48. The fourth-order valence-corrected chi connectivity index (χ4v) is 3.50. The summed E-state index contributed by atoms with van der Waals surface area (Å²) in [6, 6.07) is 8.38. The fraction of sp³-hybridized carbons (Fsp3) is 0.381. The Morgan fingerprint density at radius 1 is 1.25 bits per heavy atom. The summed E-state index contributed by atoms with van der Waals surface area (Å²) < 4.78 is 7.49. The number of fused-ring (bicyclic) bond motifs is 1. The Balaban J connectivity index is 1.53. The number of aryl methyl sites for hydroxylation is 1. The van der Waals surface area contributed by atoms with Gasteiger partial charge in [0.25, 0.3) is 0 Å². The summed E-state index contributed by atoms with van der Waals surface area (Å²) in [5.41, 5.74) is 2.14. The van der Waals surface area contributed by atoms with Crippen molar-refractivity contribution in [1.29, 1.82) is 0 Å². The molecule has 0 saturated carbocycles. The van der Waals surface area contributed by atoms with E-state index in [1.54, 1.807) is 6.20 Å². The molecule has 1 N–H and O–H groups in total. The molecule has 3 heterocycles. The molecule has 0 bridgehead atoms. The molecule has 3 aromatic rings. The predicted molar refractivity (Wildman–Crippen MR) is 109 cm³/mol. The van der Waals surface area contributed by atoms with Crippen LogP contribution in [-0.4, -0.2) is 57.7 Å². The zero-order valence-electron chi connectivity index (χ0n) is 16.5. The molecule has 1 atom stereocenters. The molecular weight excluding hydrogens is 354 g/mol. The lowest BCUT2D eigenvalue weighted by Gasteiger charge is -2.32. The topological polar surface area (TPSA) is 72.3 Å². The molecular formula is C21H25N5O2. The lowest BCUT2D eigenvalue weighted by Crippen LogP contribution is -2.47.